The fourth-order valence-corrected chi connectivity index (χ4v) is 7.40. The number of benzene rings is 1. The van der Waals surface area contributed by atoms with Crippen LogP contribution >= 0.6 is 0 Å². The van der Waals surface area contributed by atoms with E-state index in [0.717, 1.165) is 56.0 Å². The lowest BCUT2D eigenvalue weighted by Gasteiger charge is -2.38. The Hall–Kier alpha value is -1.16. The van der Waals surface area contributed by atoms with E-state index >= 15 is 0 Å². The van der Waals surface area contributed by atoms with Gasteiger partial charge in [0.2, 0.25) is 5.82 Å². The van der Waals surface area contributed by atoms with E-state index in [1.807, 2.05) is 0 Å². The normalized spacial score (nSPS) is 31.3. The minimum absolute atomic E-state index is 0.0308. The third kappa shape index (κ3) is 7.45. The molecule has 0 heterocycles. The van der Waals surface area contributed by atoms with Gasteiger partial charge >= 0.3 is 0 Å². The van der Waals surface area contributed by atoms with E-state index < -0.39 is 11.6 Å². The summed E-state index contributed by atoms with van der Waals surface area (Å²) in [5.41, 5.74) is 0.547. The van der Waals surface area contributed by atoms with Gasteiger partial charge in [-0.2, -0.15) is 4.39 Å². The molecular weight excluding hydrogens is 454 g/mol. The zero-order chi connectivity index (χ0) is 25.3. The van der Waals surface area contributed by atoms with Crippen molar-refractivity contribution in [1.82, 2.24) is 0 Å². The van der Waals surface area contributed by atoms with Crippen molar-refractivity contribution in [2.24, 2.45) is 23.7 Å². The van der Waals surface area contributed by atoms with E-state index in [-0.39, 0.29) is 11.7 Å². The Morgan fingerprint density at radius 3 is 2.00 bits per heavy atom. The topological polar surface area (TPSA) is 18.5 Å². The SMILES string of the molecule is CCCCCC1CCC(OCC2CCC(C3CCC(c4ccc(OCC)c(F)c4F)CC3)CC2)CC1. The minimum atomic E-state index is -0.822. The van der Waals surface area contributed by atoms with Crippen molar-refractivity contribution < 1.29 is 18.3 Å². The zero-order valence-corrected chi connectivity index (χ0v) is 22.9. The van der Waals surface area contributed by atoms with Crippen LogP contribution < -0.4 is 4.74 Å². The van der Waals surface area contributed by atoms with Crippen LogP contribution in [0.2, 0.25) is 0 Å². The highest BCUT2D eigenvalue weighted by molar-refractivity contribution is 5.33. The molecule has 2 nitrogen and oxygen atoms in total. The quantitative estimate of drug-likeness (QED) is 0.279. The van der Waals surface area contributed by atoms with Crippen molar-refractivity contribution >= 4 is 0 Å². The van der Waals surface area contributed by atoms with E-state index in [4.69, 9.17) is 9.47 Å². The Labute approximate surface area is 218 Å². The van der Waals surface area contributed by atoms with Crippen molar-refractivity contribution in [2.75, 3.05) is 13.2 Å². The summed E-state index contributed by atoms with van der Waals surface area (Å²) in [4.78, 5) is 0. The molecule has 0 N–H and O–H groups in total. The molecular formula is C32H50F2O2. The molecule has 4 rings (SSSR count). The number of unbranched alkanes of at least 4 members (excludes halogenated alkanes) is 2. The van der Waals surface area contributed by atoms with Crippen LogP contribution in [0.1, 0.15) is 128 Å². The lowest BCUT2D eigenvalue weighted by Crippen LogP contribution is -2.29. The van der Waals surface area contributed by atoms with Crippen LogP contribution in [0.4, 0.5) is 8.78 Å². The standard InChI is InChI=1S/C32H50F2O2/c1-3-5-6-7-23-10-18-28(19-11-23)36-22-24-8-12-25(13-9-24)26-14-16-27(17-15-26)29-20-21-30(35-4-2)32(34)31(29)33/h20-21,23-28H,3-19,22H2,1-2H3. The first-order chi connectivity index (χ1) is 17.6. The molecule has 3 aliphatic rings. The van der Waals surface area contributed by atoms with E-state index in [9.17, 15) is 8.78 Å². The van der Waals surface area contributed by atoms with Crippen molar-refractivity contribution in [3.05, 3.63) is 29.3 Å². The predicted molar refractivity (Wildman–Crippen MR) is 144 cm³/mol. The molecule has 0 bridgehead atoms. The van der Waals surface area contributed by atoms with Gasteiger partial charge in [0.1, 0.15) is 0 Å². The second-order valence-electron chi connectivity index (χ2n) is 12.1. The summed E-state index contributed by atoms with van der Waals surface area (Å²) in [7, 11) is 0. The minimum Gasteiger partial charge on any atom is -0.491 e. The monoisotopic (exact) mass is 504 g/mol. The Morgan fingerprint density at radius 1 is 0.722 bits per heavy atom. The van der Waals surface area contributed by atoms with Gasteiger partial charge in [-0.05, 0) is 125 Å². The van der Waals surface area contributed by atoms with Crippen LogP contribution in [0.25, 0.3) is 0 Å². The second kappa shape index (κ2) is 14.1. The van der Waals surface area contributed by atoms with Gasteiger partial charge in [0, 0.05) is 6.61 Å². The molecule has 3 aliphatic carbocycles. The molecule has 0 saturated heterocycles. The van der Waals surface area contributed by atoms with Crippen LogP contribution in [0.5, 0.6) is 5.75 Å². The lowest BCUT2D eigenvalue weighted by molar-refractivity contribution is -0.0128. The van der Waals surface area contributed by atoms with Gasteiger partial charge in [0.05, 0.1) is 12.7 Å². The molecule has 0 atom stereocenters. The largest absolute Gasteiger partial charge is 0.491 e. The fourth-order valence-electron chi connectivity index (χ4n) is 7.40. The highest BCUT2D eigenvalue weighted by Crippen LogP contribution is 2.45. The molecule has 0 aromatic heterocycles. The Morgan fingerprint density at radius 2 is 1.36 bits per heavy atom. The van der Waals surface area contributed by atoms with E-state index in [0.29, 0.717) is 18.3 Å². The van der Waals surface area contributed by atoms with Crippen molar-refractivity contribution in [2.45, 2.75) is 129 Å². The van der Waals surface area contributed by atoms with Crippen LogP contribution in [-0.4, -0.2) is 19.3 Å². The molecule has 36 heavy (non-hydrogen) atoms. The number of ether oxygens (including phenoxy) is 2. The predicted octanol–water partition coefficient (Wildman–Crippen LogP) is 9.60. The molecule has 1 aromatic carbocycles. The molecule has 0 radical (unpaired) electrons. The van der Waals surface area contributed by atoms with Crippen molar-refractivity contribution in [3.63, 3.8) is 0 Å². The third-order valence-corrected chi connectivity index (χ3v) is 9.72. The van der Waals surface area contributed by atoms with Crippen LogP contribution in [0.15, 0.2) is 12.1 Å². The lowest BCUT2D eigenvalue weighted by atomic mass is 9.68. The zero-order valence-electron chi connectivity index (χ0n) is 22.9. The molecule has 4 heteroatoms. The first-order valence-electron chi connectivity index (χ1n) is 15.3. The summed E-state index contributed by atoms with van der Waals surface area (Å²) >= 11 is 0. The van der Waals surface area contributed by atoms with Gasteiger partial charge in [0.15, 0.2) is 11.6 Å². The van der Waals surface area contributed by atoms with Crippen LogP contribution in [0, 0.1) is 35.3 Å². The molecule has 0 amide bonds. The van der Waals surface area contributed by atoms with E-state index in [1.54, 1.807) is 19.1 Å². The molecule has 1 aromatic rings. The summed E-state index contributed by atoms with van der Waals surface area (Å²) in [5.74, 6) is 1.89. The number of hydrogen-bond acceptors (Lipinski definition) is 2. The van der Waals surface area contributed by atoms with E-state index in [2.05, 4.69) is 6.92 Å². The number of halogens is 2. The summed E-state index contributed by atoms with van der Waals surface area (Å²) in [6.07, 6.45) is 20.8. The van der Waals surface area contributed by atoms with Crippen LogP contribution in [0.3, 0.4) is 0 Å². The summed E-state index contributed by atoms with van der Waals surface area (Å²) in [6.45, 7) is 5.38. The van der Waals surface area contributed by atoms with Gasteiger partial charge in [-0.25, -0.2) is 4.39 Å². The number of hydrogen-bond donors (Lipinski definition) is 0. The fraction of sp³-hybridized carbons (Fsp3) is 0.812. The molecule has 0 unspecified atom stereocenters. The smallest absolute Gasteiger partial charge is 0.200 e. The average molecular weight is 505 g/mol. The molecule has 204 valence electrons. The number of rotatable bonds is 11. The highest BCUT2D eigenvalue weighted by atomic mass is 19.2. The maximum Gasteiger partial charge on any atom is 0.200 e. The van der Waals surface area contributed by atoms with Crippen molar-refractivity contribution in [1.29, 1.82) is 0 Å². The van der Waals surface area contributed by atoms with Gasteiger partial charge in [-0.3, -0.25) is 0 Å². The van der Waals surface area contributed by atoms with Crippen LogP contribution in [-0.2, 0) is 4.74 Å². The molecule has 0 aliphatic heterocycles. The summed E-state index contributed by atoms with van der Waals surface area (Å²) < 4.78 is 40.7. The van der Waals surface area contributed by atoms with Gasteiger partial charge < -0.3 is 9.47 Å². The van der Waals surface area contributed by atoms with E-state index in [1.165, 1.54) is 77.0 Å². The summed E-state index contributed by atoms with van der Waals surface area (Å²) in [6, 6.07) is 3.35. The Bertz CT molecular complexity index is 773. The molecule has 3 saturated carbocycles. The van der Waals surface area contributed by atoms with Crippen molar-refractivity contribution in [3.8, 4) is 5.75 Å². The first kappa shape index (κ1) is 27.9. The summed E-state index contributed by atoms with van der Waals surface area (Å²) in [5, 5.41) is 0. The average Bonchev–Trinajstić information content (AvgIpc) is 2.92. The van der Waals surface area contributed by atoms with Gasteiger partial charge in [0.25, 0.3) is 0 Å². The maximum atomic E-state index is 14.7. The highest BCUT2D eigenvalue weighted by Gasteiger charge is 2.33. The third-order valence-electron chi connectivity index (χ3n) is 9.72. The Kier molecular flexibility index (Phi) is 10.9. The second-order valence-corrected chi connectivity index (χ2v) is 12.1. The van der Waals surface area contributed by atoms with Gasteiger partial charge in [-0.15, -0.1) is 0 Å². The molecule has 3 fully saturated rings. The Balaban J connectivity index is 1.13. The molecule has 0 spiro atoms. The first-order valence-corrected chi connectivity index (χ1v) is 15.3. The van der Waals surface area contributed by atoms with Gasteiger partial charge in [-0.1, -0.05) is 38.7 Å². The maximum absolute atomic E-state index is 14.7.